The van der Waals surface area contributed by atoms with Crippen LogP contribution in [0.25, 0.3) is 0 Å². The van der Waals surface area contributed by atoms with Gasteiger partial charge in [-0.2, -0.15) is 0 Å². The van der Waals surface area contributed by atoms with Crippen molar-refractivity contribution in [2.45, 2.75) is 79.1 Å². The average Bonchev–Trinajstić information content (AvgIpc) is 3.00. The van der Waals surface area contributed by atoms with E-state index in [1.54, 1.807) is 6.08 Å². The molecule has 0 spiro atoms. The number of carbonyl (C=O) groups excluding carboxylic acids is 1. The SMILES string of the molecule is CCOC(=O)/C=C(/CC/C=C(\C)CCC=C(C)C)C1CCCC1. The molecular formula is C21H34O2. The number of hydrogen-bond acceptors (Lipinski definition) is 2. The van der Waals surface area contributed by atoms with Crippen molar-refractivity contribution in [1.82, 2.24) is 0 Å². The van der Waals surface area contributed by atoms with E-state index in [1.165, 1.54) is 42.4 Å². The largest absolute Gasteiger partial charge is 0.463 e. The zero-order valence-electron chi connectivity index (χ0n) is 15.5. The molecule has 0 aromatic heterocycles. The molecule has 0 saturated heterocycles. The second kappa shape index (κ2) is 11.3. The summed E-state index contributed by atoms with van der Waals surface area (Å²) in [6.07, 6.45) is 15.7. The van der Waals surface area contributed by atoms with Gasteiger partial charge in [0.2, 0.25) is 0 Å². The molecule has 0 heterocycles. The maximum atomic E-state index is 11.8. The molecule has 1 aliphatic rings. The van der Waals surface area contributed by atoms with Crippen molar-refractivity contribution in [1.29, 1.82) is 0 Å². The third-order valence-corrected chi connectivity index (χ3v) is 4.49. The number of carbonyl (C=O) groups is 1. The zero-order chi connectivity index (χ0) is 17.1. The number of rotatable bonds is 9. The van der Waals surface area contributed by atoms with Crippen LogP contribution in [0.5, 0.6) is 0 Å². The fraction of sp³-hybridized carbons (Fsp3) is 0.667. The highest BCUT2D eigenvalue weighted by Crippen LogP contribution is 2.33. The van der Waals surface area contributed by atoms with E-state index in [-0.39, 0.29) is 5.97 Å². The minimum Gasteiger partial charge on any atom is -0.463 e. The van der Waals surface area contributed by atoms with E-state index < -0.39 is 0 Å². The molecule has 2 nitrogen and oxygen atoms in total. The molecule has 0 aromatic rings. The van der Waals surface area contributed by atoms with E-state index in [0.29, 0.717) is 12.5 Å². The first-order valence-corrected chi connectivity index (χ1v) is 9.19. The van der Waals surface area contributed by atoms with Crippen LogP contribution in [0.15, 0.2) is 34.9 Å². The van der Waals surface area contributed by atoms with Crippen LogP contribution in [0, 0.1) is 5.92 Å². The van der Waals surface area contributed by atoms with Gasteiger partial charge in [0.05, 0.1) is 6.61 Å². The maximum Gasteiger partial charge on any atom is 0.330 e. The summed E-state index contributed by atoms with van der Waals surface area (Å²) in [6, 6.07) is 0. The molecule has 23 heavy (non-hydrogen) atoms. The van der Waals surface area contributed by atoms with Gasteiger partial charge in [0, 0.05) is 6.08 Å². The Morgan fingerprint density at radius 3 is 2.30 bits per heavy atom. The van der Waals surface area contributed by atoms with Gasteiger partial charge in [-0.25, -0.2) is 4.79 Å². The minimum absolute atomic E-state index is 0.168. The second-order valence-electron chi connectivity index (χ2n) is 6.86. The van der Waals surface area contributed by atoms with Crippen LogP contribution >= 0.6 is 0 Å². The van der Waals surface area contributed by atoms with Crippen LogP contribution in [0.3, 0.4) is 0 Å². The Kier molecular flexibility index (Phi) is 9.66. The van der Waals surface area contributed by atoms with Crippen LogP contribution in [0.2, 0.25) is 0 Å². The molecule has 1 aliphatic carbocycles. The first kappa shape index (κ1) is 19.7. The van der Waals surface area contributed by atoms with Crippen molar-refractivity contribution in [3.8, 4) is 0 Å². The molecular weight excluding hydrogens is 284 g/mol. The van der Waals surface area contributed by atoms with E-state index in [2.05, 4.69) is 32.9 Å². The summed E-state index contributed by atoms with van der Waals surface area (Å²) < 4.78 is 5.10. The molecule has 0 radical (unpaired) electrons. The summed E-state index contributed by atoms with van der Waals surface area (Å²) in [5.74, 6) is 0.428. The predicted octanol–water partition coefficient (Wildman–Crippen LogP) is 6.14. The molecule has 1 rings (SSSR count). The van der Waals surface area contributed by atoms with Crippen molar-refractivity contribution in [2.24, 2.45) is 5.92 Å². The smallest absolute Gasteiger partial charge is 0.330 e. The highest BCUT2D eigenvalue weighted by molar-refractivity contribution is 5.82. The van der Waals surface area contributed by atoms with Crippen LogP contribution in [-0.4, -0.2) is 12.6 Å². The maximum absolute atomic E-state index is 11.8. The zero-order valence-corrected chi connectivity index (χ0v) is 15.5. The molecule has 130 valence electrons. The highest BCUT2D eigenvalue weighted by atomic mass is 16.5. The summed E-state index contributed by atoms with van der Waals surface area (Å²) in [5.41, 5.74) is 4.14. The van der Waals surface area contributed by atoms with Crippen molar-refractivity contribution in [3.63, 3.8) is 0 Å². The summed E-state index contributed by atoms with van der Waals surface area (Å²) >= 11 is 0. The monoisotopic (exact) mass is 318 g/mol. The summed E-state index contributed by atoms with van der Waals surface area (Å²) in [4.78, 5) is 11.8. The van der Waals surface area contributed by atoms with E-state index in [4.69, 9.17) is 4.74 Å². The standard InChI is InChI=1S/C21H34O2/c1-5-23-21(22)16-20(19-13-6-7-14-19)15-9-12-18(4)11-8-10-17(2)3/h10,12,16,19H,5-9,11,13-15H2,1-4H3/b18-12+,20-16-. The summed E-state index contributed by atoms with van der Waals surface area (Å²) in [6.45, 7) is 8.82. The molecule has 0 aromatic carbocycles. The number of esters is 1. The second-order valence-corrected chi connectivity index (χ2v) is 6.86. The fourth-order valence-electron chi connectivity index (χ4n) is 3.20. The van der Waals surface area contributed by atoms with Gasteiger partial charge in [0.1, 0.15) is 0 Å². The molecule has 1 fully saturated rings. The average molecular weight is 319 g/mol. The number of ether oxygens (including phenoxy) is 1. The van der Waals surface area contributed by atoms with Gasteiger partial charge in [-0.15, -0.1) is 0 Å². The van der Waals surface area contributed by atoms with E-state index in [0.717, 1.165) is 25.7 Å². The Labute approximate surface area is 142 Å². The van der Waals surface area contributed by atoms with Gasteiger partial charge in [-0.3, -0.25) is 0 Å². The number of hydrogen-bond donors (Lipinski definition) is 0. The lowest BCUT2D eigenvalue weighted by molar-refractivity contribution is -0.137. The first-order valence-electron chi connectivity index (χ1n) is 9.19. The van der Waals surface area contributed by atoms with E-state index in [1.807, 2.05) is 6.92 Å². The molecule has 0 N–H and O–H groups in total. The highest BCUT2D eigenvalue weighted by Gasteiger charge is 2.19. The lowest BCUT2D eigenvalue weighted by atomic mass is 9.92. The molecule has 0 amide bonds. The van der Waals surface area contributed by atoms with Crippen LogP contribution in [-0.2, 0) is 9.53 Å². The van der Waals surface area contributed by atoms with Crippen molar-refractivity contribution >= 4 is 5.97 Å². The lowest BCUT2D eigenvalue weighted by Crippen LogP contribution is -2.06. The van der Waals surface area contributed by atoms with E-state index >= 15 is 0 Å². The van der Waals surface area contributed by atoms with Crippen LogP contribution < -0.4 is 0 Å². The Morgan fingerprint density at radius 1 is 1.04 bits per heavy atom. The Bertz CT molecular complexity index is 444. The molecule has 2 heteroatoms. The van der Waals surface area contributed by atoms with Crippen molar-refractivity contribution in [2.75, 3.05) is 6.61 Å². The topological polar surface area (TPSA) is 26.3 Å². The van der Waals surface area contributed by atoms with Crippen LogP contribution in [0.4, 0.5) is 0 Å². The number of allylic oxidation sites excluding steroid dienone is 5. The molecule has 0 unspecified atom stereocenters. The first-order chi connectivity index (χ1) is 11.0. The third kappa shape index (κ3) is 8.78. The molecule has 0 aliphatic heterocycles. The Hall–Kier alpha value is -1.31. The molecule has 1 saturated carbocycles. The van der Waals surface area contributed by atoms with Crippen molar-refractivity contribution < 1.29 is 9.53 Å². The van der Waals surface area contributed by atoms with Gasteiger partial charge in [-0.1, -0.05) is 41.7 Å². The van der Waals surface area contributed by atoms with Gasteiger partial charge < -0.3 is 4.74 Å². The molecule has 0 atom stereocenters. The minimum atomic E-state index is -0.168. The normalized spacial score (nSPS) is 16.5. The van der Waals surface area contributed by atoms with Gasteiger partial charge >= 0.3 is 5.97 Å². The van der Waals surface area contributed by atoms with Gasteiger partial charge in [-0.05, 0) is 72.1 Å². The quantitative estimate of drug-likeness (QED) is 0.290. The Morgan fingerprint density at radius 2 is 1.70 bits per heavy atom. The van der Waals surface area contributed by atoms with Crippen molar-refractivity contribution in [3.05, 3.63) is 34.9 Å². The lowest BCUT2D eigenvalue weighted by Gasteiger charge is -2.14. The van der Waals surface area contributed by atoms with Crippen LogP contribution in [0.1, 0.15) is 79.1 Å². The molecule has 0 bridgehead atoms. The summed E-state index contributed by atoms with van der Waals surface area (Å²) in [5, 5.41) is 0. The van der Waals surface area contributed by atoms with E-state index in [9.17, 15) is 4.79 Å². The third-order valence-electron chi connectivity index (χ3n) is 4.49. The van der Waals surface area contributed by atoms with Gasteiger partial charge in [0.25, 0.3) is 0 Å². The summed E-state index contributed by atoms with van der Waals surface area (Å²) in [7, 11) is 0. The Balaban J connectivity index is 2.53. The predicted molar refractivity (Wildman–Crippen MR) is 98.3 cm³/mol. The fourth-order valence-corrected chi connectivity index (χ4v) is 3.20. The van der Waals surface area contributed by atoms with Gasteiger partial charge in [0.15, 0.2) is 0 Å².